The second-order valence-corrected chi connectivity index (χ2v) is 9.23. The lowest BCUT2D eigenvalue weighted by Crippen LogP contribution is -2.37. The molecule has 1 aromatic heterocycles. The van der Waals surface area contributed by atoms with Crippen LogP contribution in [0.2, 0.25) is 0 Å². The molecule has 1 saturated carbocycles. The first-order valence-corrected chi connectivity index (χ1v) is 11.9. The first-order chi connectivity index (χ1) is 13.7. The van der Waals surface area contributed by atoms with Gasteiger partial charge in [0.2, 0.25) is 5.91 Å². The van der Waals surface area contributed by atoms with Crippen LogP contribution in [-0.4, -0.2) is 40.0 Å². The number of hydrogen-bond donors (Lipinski definition) is 1. The summed E-state index contributed by atoms with van der Waals surface area (Å²) in [7, 11) is 0. The average molecular weight is 406 g/mol. The molecule has 1 amide bonds. The molecule has 1 saturated heterocycles. The van der Waals surface area contributed by atoms with Crippen LogP contribution in [0.15, 0.2) is 9.82 Å². The van der Waals surface area contributed by atoms with Crippen LogP contribution in [0.3, 0.4) is 0 Å². The maximum absolute atomic E-state index is 12.7. The standard InChI is InChI=1S/C21H31N3O3S/c25-19(22-15-7-2-1-3-8-15)14-28-20-17-10-4-5-11-18(17)24(21(26)23-20)13-16-9-6-12-27-16/h15-16H,1-14H2,(H,22,25). The van der Waals surface area contributed by atoms with Crippen LogP contribution in [0.4, 0.5) is 0 Å². The lowest BCUT2D eigenvalue weighted by Gasteiger charge is -2.24. The Balaban J connectivity index is 1.45. The molecule has 3 aliphatic rings. The van der Waals surface area contributed by atoms with Gasteiger partial charge in [-0.05, 0) is 51.4 Å². The lowest BCUT2D eigenvalue weighted by atomic mass is 9.95. The number of amides is 1. The van der Waals surface area contributed by atoms with E-state index in [-0.39, 0.29) is 17.7 Å². The molecule has 2 aliphatic carbocycles. The summed E-state index contributed by atoms with van der Waals surface area (Å²) in [6.07, 6.45) is 12.2. The fourth-order valence-electron chi connectivity index (χ4n) is 4.70. The van der Waals surface area contributed by atoms with Crippen LogP contribution in [0, 0.1) is 0 Å². The molecule has 154 valence electrons. The number of ether oxygens (including phenoxy) is 1. The predicted molar refractivity (Wildman–Crippen MR) is 110 cm³/mol. The van der Waals surface area contributed by atoms with Gasteiger partial charge >= 0.3 is 5.69 Å². The number of carbonyl (C=O) groups is 1. The van der Waals surface area contributed by atoms with Crippen molar-refractivity contribution in [3.63, 3.8) is 0 Å². The van der Waals surface area contributed by atoms with E-state index in [0.717, 1.165) is 68.7 Å². The molecule has 0 aromatic carbocycles. The first kappa shape index (κ1) is 20.0. The minimum atomic E-state index is -0.189. The van der Waals surface area contributed by atoms with E-state index in [0.29, 0.717) is 18.3 Å². The van der Waals surface area contributed by atoms with E-state index in [4.69, 9.17) is 4.74 Å². The lowest BCUT2D eigenvalue weighted by molar-refractivity contribution is -0.119. The van der Waals surface area contributed by atoms with E-state index in [1.807, 2.05) is 4.57 Å². The summed E-state index contributed by atoms with van der Waals surface area (Å²) in [4.78, 5) is 29.5. The fraction of sp³-hybridized carbons (Fsp3) is 0.762. The van der Waals surface area contributed by atoms with Crippen LogP contribution in [0.1, 0.15) is 69.0 Å². The second kappa shape index (κ2) is 9.44. The topological polar surface area (TPSA) is 73.2 Å². The Morgan fingerprint density at radius 2 is 1.93 bits per heavy atom. The highest BCUT2D eigenvalue weighted by Gasteiger charge is 2.24. The van der Waals surface area contributed by atoms with E-state index >= 15 is 0 Å². The van der Waals surface area contributed by atoms with Crippen molar-refractivity contribution in [2.75, 3.05) is 12.4 Å². The quantitative estimate of drug-likeness (QED) is 0.582. The molecule has 0 bridgehead atoms. The first-order valence-electron chi connectivity index (χ1n) is 10.9. The van der Waals surface area contributed by atoms with Gasteiger partial charge in [0.05, 0.1) is 18.4 Å². The third-order valence-corrected chi connectivity index (χ3v) is 7.19. The molecule has 1 N–H and O–H groups in total. The minimum Gasteiger partial charge on any atom is -0.376 e. The number of nitrogens with one attached hydrogen (secondary N) is 1. The molecule has 1 aliphatic heterocycles. The fourth-order valence-corrected chi connectivity index (χ4v) is 5.59. The SMILES string of the molecule is O=C(CSc1nc(=O)n(CC2CCCO2)c2c1CCCC2)NC1CCCCC1. The number of hydrogen-bond acceptors (Lipinski definition) is 5. The zero-order valence-corrected chi connectivity index (χ0v) is 17.4. The summed E-state index contributed by atoms with van der Waals surface area (Å²) in [6, 6.07) is 0.322. The summed E-state index contributed by atoms with van der Waals surface area (Å²) >= 11 is 1.43. The number of carbonyl (C=O) groups excluding carboxylic acids is 1. The van der Waals surface area contributed by atoms with Crippen molar-refractivity contribution in [3.05, 3.63) is 21.7 Å². The van der Waals surface area contributed by atoms with Gasteiger partial charge in [-0.15, -0.1) is 0 Å². The van der Waals surface area contributed by atoms with Gasteiger partial charge in [-0.2, -0.15) is 4.98 Å². The third-order valence-electron chi connectivity index (χ3n) is 6.17. The van der Waals surface area contributed by atoms with Gasteiger partial charge in [0.25, 0.3) is 0 Å². The van der Waals surface area contributed by atoms with Crippen molar-refractivity contribution in [2.45, 2.75) is 94.3 Å². The van der Waals surface area contributed by atoms with Gasteiger partial charge in [-0.3, -0.25) is 9.36 Å². The van der Waals surface area contributed by atoms with Crippen molar-refractivity contribution in [1.82, 2.24) is 14.9 Å². The molecule has 2 heterocycles. The van der Waals surface area contributed by atoms with Crippen LogP contribution in [0.25, 0.3) is 0 Å². The number of nitrogens with zero attached hydrogens (tertiary/aromatic N) is 2. The van der Waals surface area contributed by atoms with Crippen LogP contribution >= 0.6 is 11.8 Å². The summed E-state index contributed by atoms with van der Waals surface area (Å²) in [6.45, 7) is 1.40. The van der Waals surface area contributed by atoms with Crippen molar-refractivity contribution in [3.8, 4) is 0 Å². The number of fused-ring (bicyclic) bond motifs is 1. The monoisotopic (exact) mass is 405 g/mol. The van der Waals surface area contributed by atoms with Crippen LogP contribution in [-0.2, 0) is 28.9 Å². The Morgan fingerprint density at radius 1 is 1.11 bits per heavy atom. The van der Waals surface area contributed by atoms with Crippen molar-refractivity contribution in [1.29, 1.82) is 0 Å². The summed E-state index contributed by atoms with van der Waals surface area (Å²) in [5.74, 6) is 0.400. The molecule has 28 heavy (non-hydrogen) atoms. The van der Waals surface area contributed by atoms with Gasteiger partial charge in [-0.25, -0.2) is 4.79 Å². The molecule has 4 rings (SSSR count). The molecule has 0 spiro atoms. The normalized spacial score (nSPS) is 22.8. The molecule has 0 radical (unpaired) electrons. The van der Waals surface area contributed by atoms with E-state index in [2.05, 4.69) is 10.3 Å². The van der Waals surface area contributed by atoms with Crippen molar-refractivity contribution >= 4 is 17.7 Å². The van der Waals surface area contributed by atoms with E-state index in [1.54, 1.807) is 0 Å². The molecule has 1 unspecified atom stereocenters. The zero-order chi connectivity index (χ0) is 19.3. The maximum Gasteiger partial charge on any atom is 0.348 e. The van der Waals surface area contributed by atoms with E-state index < -0.39 is 0 Å². The Morgan fingerprint density at radius 3 is 2.71 bits per heavy atom. The molecule has 7 heteroatoms. The molecule has 2 fully saturated rings. The van der Waals surface area contributed by atoms with E-state index in [9.17, 15) is 9.59 Å². The smallest absolute Gasteiger partial charge is 0.348 e. The predicted octanol–water partition coefficient (Wildman–Crippen LogP) is 2.84. The van der Waals surface area contributed by atoms with Gasteiger partial charge in [0.1, 0.15) is 5.03 Å². The van der Waals surface area contributed by atoms with E-state index in [1.165, 1.54) is 36.6 Å². The number of rotatable bonds is 6. The van der Waals surface area contributed by atoms with Crippen LogP contribution < -0.4 is 11.0 Å². The Bertz CT molecular complexity index is 752. The highest BCUT2D eigenvalue weighted by atomic mass is 32.2. The van der Waals surface area contributed by atoms with Gasteiger partial charge in [0, 0.05) is 23.9 Å². The Hall–Kier alpha value is -1.34. The minimum absolute atomic E-state index is 0.0618. The highest BCUT2D eigenvalue weighted by Crippen LogP contribution is 2.29. The molecule has 1 aromatic rings. The molecule has 6 nitrogen and oxygen atoms in total. The highest BCUT2D eigenvalue weighted by molar-refractivity contribution is 7.99. The van der Waals surface area contributed by atoms with Crippen molar-refractivity contribution in [2.24, 2.45) is 0 Å². The Labute approximate surface area is 170 Å². The summed E-state index contributed by atoms with van der Waals surface area (Å²) < 4.78 is 7.58. The molecule has 1 atom stereocenters. The number of thioether (sulfide) groups is 1. The molecular weight excluding hydrogens is 374 g/mol. The largest absolute Gasteiger partial charge is 0.376 e. The number of aromatic nitrogens is 2. The Kier molecular flexibility index (Phi) is 6.73. The third kappa shape index (κ3) is 4.79. The van der Waals surface area contributed by atoms with Gasteiger partial charge in [0.15, 0.2) is 0 Å². The van der Waals surface area contributed by atoms with Gasteiger partial charge < -0.3 is 10.1 Å². The zero-order valence-electron chi connectivity index (χ0n) is 16.6. The summed E-state index contributed by atoms with van der Waals surface area (Å²) in [5, 5.41) is 3.92. The van der Waals surface area contributed by atoms with Gasteiger partial charge in [-0.1, -0.05) is 31.0 Å². The second-order valence-electron chi connectivity index (χ2n) is 8.27. The van der Waals surface area contributed by atoms with Crippen molar-refractivity contribution < 1.29 is 9.53 Å². The van der Waals surface area contributed by atoms with Crippen LogP contribution in [0.5, 0.6) is 0 Å². The maximum atomic E-state index is 12.7. The molecular formula is C21H31N3O3S. The average Bonchev–Trinajstić information content (AvgIpc) is 3.23. The summed E-state index contributed by atoms with van der Waals surface area (Å²) in [5.41, 5.74) is 2.11.